The molecule has 0 spiro atoms. The van der Waals surface area contributed by atoms with E-state index in [1.807, 2.05) is 36.4 Å². The normalized spacial score (nSPS) is 10.2. The maximum atomic E-state index is 12.1. The first kappa shape index (κ1) is 17.1. The molecule has 0 bridgehead atoms. The van der Waals surface area contributed by atoms with Gasteiger partial charge in [-0.3, -0.25) is 9.59 Å². The summed E-state index contributed by atoms with van der Waals surface area (Å²) in [5.41, 5.74) is 10.0. The fraction of sp³-hybridized carbons (Fsp3) is 0.105. The molecule has 0 heterocycles. The van der Waals surface area contributed by atoms with Crippen LogP contribution in [0, 0.1) is 0 Å². The second-order valence-corrected chi connectivity index (χ2v) is 5.15. The number of hydrogen-bond donors (Lipinski definition) is 0. The lowest BCUT2D eigenvalue weighted by atomic mass is 10.1. The third-order valence-electron chi connectivity index (χ3n) is 3.28. The van der Waals surface area contributed by atoms with Crippen LogP contribution in [0.1, 0.15) is 15.9 Å². The summed E-state index contributed by atoms with van der Waals surface area (Å²) in [4.78, 5) is 28.3. The minimum absolute atomic E-state index is 0.0114. The molecule has 2 aromatic carbocycles. The summed E-state index contributed by atoms with van der Waals surface area (Å²) < 4.78 is 0. The Morgan fingerprint density at radius 3 is 2.25 bits per heavy atom. The van der Waals surface area contributed by atoms with Gasteiger partial charge < -0.3 is 10.4 Å². The second kappa shape index (κ2) is 8.98. The van der Waals surface area contributed by atoms with Crippen molar-refractivity contribution < 1.29 is 14.4 Å². The molecule has 120 valence electrons. The topological polar surface area (TPSA) is 73.8 Å². The van der Waals surface area contributed by atoms with Crippen LogP contribution in [0.5, 0.6) is 0 Å². The van der Waals surface area contributed by atoms with Crippen LogP contribution in [0.3, 0.4) is 0 Å². The molecular formula is C19H17N3O2. The summed E-state index contributed by atoms with van der Waals surface area (Å²) in [6.07, 6.45) is 3.87. The molecule has 5 nitrogen and oxygen atoms in total. The number of carbonyl (C=O) groups is 2. The Balaban J connectivity index is 2.12. The molecule has 24 heavy (non-hydrogen) atoms. The number of Topliss-reactive ketones (excluding diaryl/α,β-unsaturated/α-hetero) is 1. The Bertz CT molecular complexity index is 764. The van der Waals surface area contributed by atoms with Crippen molar-refractivity contribution in [2.45, 2.75) is 6.54 Å². The van der Waals surface area contributed by atoms with E-state index in [4.69, 9.17) is 5.53 Å². The van der Waals surface area contributed by atoms with Gasteiger partial charge in [-0.2, -0.15) is 4.79 Å². The molecule has 5 heteroatoms. The molecule has 0 N–H and O–H groups in total. The molecule has 0 aliphatic rings. The number of rotatable bonds is 8. The van der Waals surface area contributed by atoms with Gasteiger partial charge in [-0.15, -0.1) is 0 Å². The minimum atomic E-state index is -0.356. The number of allylic oxidation sites excluding steroid dienone is 1. The zero-order valence-corrected chi connectivity index (χ0v) is 13.1. The molecule has 2 aromatic rings. The highest BCUT2D eigenvalue weighted by molar-refractivity contribution is 6.26. The number of hydrogen-bond acceptors (Lipinski definition) is 3. The van der Waals surface area contributed by atoms with Crippen LogP contribution < -0.4 is 0 Å². The number of carbonyl (C=O) groups excluding carboxylic acids is 2. The van der Waals surface area contributed by atoms with Crippen LogP contribution in [0.4, 0.5) is 0 Å². The summed E-state index contributed by atoms with van der Waals surface area (Å²) in [7, 11) is 0. The molecule has 0 saturated heterocycles. The van der Waals surface area contributed by atoms with Gasteiger partial charge in [-0.05, 0) is 5.56 Å². The van der Waals surface area contributed by atoms with Crippen LogP contribution in [0.25, 0.3) is 5.53 Å². The Morgan fingerprint density at radius 2 is 1.62 bits per heavy atom. The quantitative estimate of drug-likeness (QED) is 0.247. The van der Waals surface area contributed by atoms with Gasteiger partial charge in [0.15, 0.2) is 5.78 Å². The molecule has 0 unspecified atom stereocenters. The van der Waals surface area contributed by atoms with Gasteiger partial charge in [0.25, 0.3) is 5.78 Å². The predicted octanol–water partition coefficient (Wildman–Crippen LogP) is 2.75. The van der Waals surface area contributed by atoms with Gasteiger partial charge in [0.2, 0.25) is 0 Å². The van der Waals surface area contributed by atoms with Crippen molar-refractivity contribution in [2.24, 2.45) is 0 Å². The Kier molecular flexibility index (Phi) is 6.38. The summed E-state index contributed by atoms with van der Waals surface area (Å²) in [5.74, 6) is -0.498. The summed E-state index contributed by atoms with van der Waals surface area (Å²) in [5, 5.41) is 0. The van der Waals surface area contributed by atoms with Crippen molar-refractivity contribution in [3.8, 4) is 0 Å². The monoisotopic (exact) mass is 319 g/mol. The Morgan fingerprint density at radius 1 is 1.00 bits per heavy atom. The highest BCUT2D eigenvalue weighted by atomic mass is 16.1. The third-order valence-corrected chi connectivity index (χ3v) is 3.28. The third kappa shape index (κ3) is 5.48. The molecule has 2 rings (SSSR count). The maximum absolute atomic E-state index is 12.1. The van der Waals surface area contributed by atoms with Crippen molar-refractivity contribution in [2.75, 3.05) is 6.54 Å². The van der Waals surface area contributed by atoms with Gasteiger partial charge in [0.05, 0.1) is 6.54 Å². The van der Waals surface area contributed by atoms with Crippen molar-refractivity contribution in [3.63, 3.8) is 0 Å². The summed E-state index contributed by atoms with van der Waals surface area (Å²) in [6.45, 7) is 0.474. The fourth-order valence-electron chi connectivity index (χ4n) is 2.16. The fourth-order valence-corrected chi connectivity index (χ4v) is 2.16. The van der Waals surface area contributed by atoms with Crippen molar-refractivity contribution >= 4 is 17.8 Å². The first-order valence-electron chi connectivity index (χ1n) is 7.45. The zero-order valence-electron chi connectivity index (χ0n) is 13.1. The molecule has 0 aromatic heterocycles. The predicted molar refractivity (Wildman–Crippen MR) is 91.5 cm³/mol. The van der Waals surface area contributed by atoms with E-state index in [2.05, 4.69) is 4.79 Å². The summed E-state index contributed by atoms with van der Waals surface area (Å²) >= 11 is 0. The van der Waals surface area contributed by atoms with E-state index < -0.39 is 0 Å². The molecular weight excluding hydrogens is 302 g/mol. The van der Waals surface area contributed by atoms with E-state index in [-0.39, 0.29) is 18.1 Å². The first-order chi connectivity index (χ1) is 11.7. The summed E-state index contributed by atoms with van der Waals surface area (Å²) in [6, 6.07) is 18.5. The molecule has 0 radical (unpaired) electrons. The molecule has 0 aliphatic carbocycles. The van der Waals surface area contributed by atoms with E-state index in [0.29, 0.717) is 12.1 Å². The molecule has 0 amide bonds. The van der Waals surface area contributed by atoms with Crippen molar-refractivity contribution in [1.29, 1.82) is 0 Å². The SMILES string of the molecule is [N-]=[N+]=CC(=O)CN(/C=C/C(=O)c1ccccc1)Cc1ccccc1. The zero-order chi connectivity index (χ0) is 17.2. The van der Waals surface area contributed by atoms with E-state index in [9.17, 15) is 9.59 Å². The molecule has 0 atom stereocenters. The van der Waals surface area contributed by atoms with Crippen molar-refractivity contribution in [1.82, 2.24) is 4.90 Å². The smallest absolute Gasteiger partial charge is 0.325 e. The number of nitrogens with zero attached hydrogens (tertiary/aromatic N) is 3. The van der Waals surface area contributed by atoms with Gasteiger partial charge in [0, 0.05) is 24.4 Å². The standard InChI is InChI=1S/C19H17N3O2/c20-21-13-18(23)15-22(14-16-7-3-1-4-8-16)12-11-19(24)17-9-5-2-6-10-17/h1-13H,14-15H2/b12-11+. The largest absolute Gasteiger partial charge is 0.365 e. The Labute approximate surface area is 140 Å². The van der Waals surface area contributed by atoms with Gasteiger partial charge >= 0.3 is 6.21 Å². The average Bonchev–Trinajstić information content (AvgIpc) is 2.61. The second-order valence-electron chi connectivity index (χ2n) is 5.15. The lowest BCUT2D eigenvalue weighted by molar-refractivity contribution is -0.116. The maximum Gasteiger partial charge on any atom is 0.325 e. The Hall–Kier alpha value is -3.30. The van der Waals surface area contributed by atoms with Gasteiger partial charge in [0.1, 0.15) is 0 Å². The minimum Gasteiger partial charge on any atom is -0.365 e. The number of ketones is 2. The van der Waals surface area contributed by atoms with Crippen molar-refractivity contribution in [3.05, 3.63) is 89.6 Å². The first-order valence-corrected chi connectivity index (χ1v) is 7.45. The lowest BCUT2D eigenvalue weighted by Gasteiger charge is -2.18. The van der Waals surface area contributed by atoms with E-state index >= 15 is 0 Å². The van der Waals surface area contributed by atoms with E-state index in [1.165, 1.54) is 6.08 Å². The lowest BCUT2D eigenvalue weighted by Crippen LogP contribution is -2.25. The average molecular weight is 319 g/mol. The van der Waals surface area contributed by atoms with Crippen LogP contribution in [-0.4, -0.2) is 34.0 Å². The van der Waals surface area contributed by atoms with Crippen LogP contribution in [0.2, 0.25) is 0 Å². The highest BCUT2D eigenvalue weighted by Gasteiger charge is 2.10. The molecule has 0 saturated carbocycles. The molecule has 0 aliphatic heterocycles. The van der Waals surface area contributed by atoms with Crippen LogP contribution >= 0.6 is 0 Å². The van der Waals surface area contributed by atoms with Gasteiger partial charge in [-0.25, -0.2) is 0 Å². The van der Waals surface area contributed by atoms with Crippen LogP contribution in [-0.2, 0) is 11.3 Å². The van der Waals surface area contributed by atoms with E-state index in [0.717, 1.165) is 11.8 Å². The van der Waals surface area contributed by atoms with Gasteiger partial charge in [-0.1, -0.05) is 60.7 Å². The van der Waals surface area contributed by atoms with E-state index in [1.54, 1.807) is 35.4 Å². The highest BCUT2D eigenvalue weighted by Crippen LogP contribution is 2.06. The van der Waals surface area contributed by atoms with Crippen LogP contribution in [0.15, 0.2) is 72.9 Å². The molecule has 0 fully saturated rings. The number of benzene rings is 2.